The van der Waals surface area contributed by atoms with Gasteiger partial charge in [0.1, 0.15) is 0 Å². The molecule has 0 spiro atoms. The smallest absolute Gasteiger partial charge is 0.196 e. The summed E-state index contributed by atoms with van der Waals surface area (Å²) in [6, 6.07) is 24.5. The topological polar surface area (TPSA) is 49.3 Å². The maximum atomic E-state index is 4.72. The van der Waals surface area contributed by atoms with Crippen LogP contribution in [-0.2, 0) is 13.0 Å². The number of nitrogens with one attached hydrogen (secondary N) is 2. The predicted octanol–water partition coefficient (Wildman–Crippen LogP) is 4.81. The fourth-order valence-corrected chi connectivity index (χ4v) is 2.52. The molecule has 0 aliphatic rings. The van der Waals surface area contributed by atoms with Crippen LogP contribution in [0.4, 0.5) is 5.69 Å². The standard InChI is InChI=1S/C22H24N4.HI/c1-18-10-12-19(13-11-18)17-25-22(26-21-8-3-2-4-9-21)24-16-14-20-7-5-6-15-23-20;/h2-13,15H,14,16-17H2,1H3,(H2,24,25,26);1H. The number of hydrogen-bond donors (Lipinski definition) is 2. The largest absolute Gasteiger partial charge is 0.356 e. The Hall–Kier alpha value is -2.41. The van der Waals surface area contributed by atoms with Crippen LogP contribution in [0.25, 0.3) is 0 Å². The lowest BCUT2D eigenvalue weighted by molar-refractivity contribution is 0.832. The van der Waals surface area contributed by atoms with Crippen LogP contribution in [0.3, 0.4) is 0 Å². The van der Waals surface area contributed by atoms with Crippen molar-refractivity contribution in [3.05, 3.63) is 95.8 Å². The third-order valence-electron chi connectivity index (χ3n) is 3.98. The van der Waals surface area contributed by atoms with Crippen molar-refractivity contribution in [3.8, 4) is 0 Å². The molecule has 0 saturated carbocycles. The molecule has 1 heterocycles. The number of pyridine rings is 1. The fraction of sp³-hybridized carbons (Fsp3) is 0.182. The zero-order valence-electron chi connectivity index (χ0n) is 15.4. The Labute approximate surface area is 178 Å². The lowest BCUT2D eigenvalue weighted by atomic mass is 10.1. The molecule has 0 atom stereocenters. The molecular weight excluding hydrogens is 447 g/mol. The maximum absolute atomic E-state index is 4.72. The molecule has 1 aromatic heterocycles. The number of aromatic nitrogens is 1. The first kappa shape index (κ1) is 20.9. The van der Waals surface area contributed by atoms with Gasteiger partial charge >= 0.3 is 0 Å². The van der Waals surface area contributed by atoms with E-state index in [9.17, 15) is 0 Å². The van der Waals surface area contributed by atoms with Gasteiger partial charge in [-0.15, -0.1) is 24.0 Å². The molecule has 0 bridgehead atoms. The van der Waals surface area contributed by atoms with E-state index in [-0.39, 0.29) is 24.0 Å². The molecular formula is C22H25IN4. The first-order valence-corrected chi connectivity index (χ1v) is 8.85. The Morgan fingerprint density at radius 2 is 1.67 bits per heavy atom. The van der Waals surface area contributed by atoms with E-state index in [1.807, 2.05) is 54.7 Å². The van der Waals surface area contributed by atoms with E-state index in [0.29, 0.717) is 6.54 Å². The van der Waals surface area contributed by atoms with Crippen molar-refractivity contribution < 1.29 is 0 Å². The van der Waals surface area contributed by atoms with Gasteiger partial charge in [0.05, 0.1) is 6.54 Å². The van der Waals surface area contributed by atoms with Gasteiger partial charge in [0.15, 0.2) is 5.96 Å². The third-order valence-corrected chi connectivity index (χ3v) is 3.98. The van der Waals surface area contributed by atoms with Crippen LogP contribution >= 0.6 is 24.0 Å². The van der Waals surface area contributed by atoms with E-state index >= 15 is 0 Å². The second kappa shape index (κ2) is 11.3. The highest BCUT2D eigenvalue weighted by molar-refractivity contribution is 14.0. The van der Waals surface area contributed by atoms with E-state index in [4.69, 9.17) is 4.99 Å². The molecule has 0 aliphatic heterocycles. The molecule has 0 fully saturated rings. The highest BCUT2D eigenvalue weighted by Crippen LogP contribution is 2.07. The number of aliphatic imine (C=N–C) groups is 1. The Kier molecular flexibility index (Phi) is 8.77. The normalized spacial score (nSPS) is 10.8. The molecule has 27 heavy (non-hydrogen) atoms. The monoisotopic (exact) mass is 472 g/mol. The van der Waals surface area contributed by atoms with Crippen LogP contribution in [0, 0.1) is 6.92 Å². The number of rotatable bonds is 6. The van der Waals surface area contributed by atoms with Gasteiger partial charge in [-0.1, -0.05) is 54.1 Å². The number of para-hydroxylation sites is 1. The minimum Gasteiger partial charge on any atom is -0.356 e. The van der Waals surface area contributed by atoms with Gasteiger partial charge in [0, 0.05) is 30.5 Å². The molecule has 3 rings (SSSR count). The van der Waals surface area contributed by atoms with Crippen molar-refractivity contribution in [3.63, 3.8) is 0 Å². The number of anilines is 1. The maximum Gasteiger partial charge on any atom is 0.196 e. The molecule has 3 aromatic rings. The molecule has 5 heteroatoms. The van der Waals surface area contributed by atoms with Crippen molar-refractivity contribution in [1.82, 2.24) is 10.3 Å². The van der Waals surface area contributed by atoms with Crippen molar-refractivity contribution in [2.24, 2.45) is 4.99 Å². The van der Waals surface area contributed by atoms with Gasteiger partial charge in [0.25, 0.3) is 0 Å². The Morgan fingerprint density at radius 3 is 2.37 bits per heavy atom. The number of benzene rings is 2. The number of nitrogens with zero attached hydrogens (tertiary/aromatic N) is 2. The van der Waals surface area contributed by atoms with Crippen LogP contribution < -0.4 is 10.6 Å². The Bertz CT molecular complexity index is 818. The molecule has 2 N–H and O–H groups in total. The molecule has 0 radical (unpaired) electrons. The van der Waals surface area contributed by atoms with Gasteiger partial charge in [-0.3, -0.25) is 4.98 Å². The summed E-state index contributed by atoms with van der Waals surface area (Å²) in [6.45, 7) is 3.49. The summed E-state index contributed by atoms with van der Waals surface area (Å²) < 4.78 is 0. The van der Waals surface area contributed by atoms with Crippen molar-refractivity contribution in [2.45, 2.75) is 19.9 Å². The summed E-state index contributed by atoms with van der Waals surface area (Å²) in [5, 5.41) is 6.76. The molecule has 0 saturated heterocycles. The summed E-state index contributed by atoms with van der Waals surface area (Å²) in [7, 11) is 0. The fourth-order valence-electron chi connectivity index (χ4n) is 2.52. The average Bonchev–Trinajstić information content (AvgIpc) is 2.69. The van der Waals surface area contributed by atoms with Crippen LogP contribution in [0.15, 0.2) is 84.0 Å². The zero-order valence-corrected chi connectivity index (χ0v) is 17.8. The van der Waals surface area contributed by atoms with E-state index in [1.54, 1.807) is 0 Å². The summed E-state index contributed by atoms with van der Waals surface area (Å²) in [5.41, 5.74) is 4.53. The van der Waals surface area contributed by atoms with Gasteiger partial charge in [-0.05, 0) is 36.8 Å². The third kappa shape index (κ3) is 7.38. The lowest BCUT2D eigenvalue weighted by Gasteiger charge is -2.13. The van der Waals surface area contributed by atoms with Crippen LogP contribution in [0.5, 0.6) is 0 Å². The molecule has 0 unspecified atom stereocenters. The summed E-state index contributed by atoms with van der Waals surface area (Å²) in [5.74, 6) is 0.771. The number of hydrogen-bond acceptors (Lipinski definition) is 2. The second-order valence-corrected chi connectivity index (χ2v) is 6.14. The average molecular weight is 472 g/mol. The second-order valence-electron chi connectivity index (χ2n) is 6.14. The van der Waals surface area contributed by atoms with Crippen LogP contribution in [0.1, 0.15) is 16.8 Å². The Balaban J connectivity index is 0.00000261. The predicted molar refractivity (Wildman–Crippen MR) is 124 cm³/mol. The quantitative estimate of drug-likeness (QED) is 0.308. The van der Waals surface area contributed by atoms with Crippen LogP contribution in [0.2, 0.25) is 0 Å². The van der Waals surface area contributed by atoms with Gasteiger partial charge in [-0.25, -0.2) is 4.99 Å². The van der Waals surface area contributed by atoms with Gasteiger partial charge in [-0.2, -0.15) is 0 Å². The molecule has 4 nitrogen and oxygen atoms in total. The lowest BCUT2D eigenvalue weighted by Crippen LogP contribution is -2.32. The van der Waals surface area contributed by atoms with Crippen LogP contribution in [-0.4, -0.2) is 17.5 Å². The van der Waals surface area contributed by atoms with E-state index < -0.39 is 0 Å². The number of guanidine groups is 1. The van der Waals surface area contributed by atoms with E-state index in [1.165, 1.54) is 11.1 Å². The highest BCUT2D eigenvalue weighted by Gasteiger charge is 2.01. The Morgan fingerprint density at radius 1 is 0.926 bits per heavy atom. The molecule has 0 amide bonds. The summed E-state index contributed by atoms with van der Waals surface area (Å²) >= 11 is 0. The molecule has 140 valence electrons. The van der Waals surface area contributed by atoms with E-state index in [0.717, 1.165) is 30.3 Å². The highest BCUT2D eigenvalue weighted by atomic mass is 127. The summed E-state index contributed by atoms with van der Waals surface area (Å²) in [4.78, 5) is 9.09. The first-order chi connectivity index (χ1) is 12.8. The SMILES string of the molecule is Cc1ccc(CN=C(NCCc2ccccn2)Nc2ccccc2)cc1.I. The summed E-state index contributed by atoms with van der Waals surface area (Å²) in [6.07, 6.45) is 2.67. The van der Waals surface area contributed by atoms with Crippen molar-refractivity contribution in [1.29, 1.82) is 0 Å². The number of halogens is 1. The molecule has 0 aliphatic carbocycles. The minimum absolute atomic E-state index is 0. The van der Waals surface area contributed by atoms with Gasteiger partial charge in [0.2, 0.25) is 0 Å². The van der Waals surface area contributed by atoms with E-state index in [2.05, 4.69) is 46.8 Å². The first-order valence-electron chi connectivity index (χ1n) is 8.85. The van der Waals surface area contributed by atoms with Crippen molar-refractivity contribution in [2.75, 3.05) is 11.9 Å². The molecule has 2 aromatic carbocycles. The minimum atomic E-state index is 0. The van der Waals surface area contributed by atoms with Crippen molar-refractivity contribution >= 4 is 35.6 Å². The van der Waals surface area contributed by atoms with Gasteiger partial charge < -0.3 is 10.6 Å². The number of aryl methyl sites for hydroxylation is 1. The zero-order chi connectivity index (χ0) is 18.0.